The molecule has 0 bridgehead atoms. The Morgan fingerprint density at radius 3 is 2.14 bits per heavy atom. The molecule has 0 fully saturated rings. The molecule has 0 unspecified atom stereocenters. The summed E-state index contributed by atoms with van der Waals surface area (Å²) in [4.78, 5) is -0.00249. The maximum absolute atomic E-state index is 13.4. The highest BCUT2D eigenvalue weighted by molar-refractivity contribution is 9.11. The van der Waals surface area contributed by atoms with Crippen molar-refractivity contribution in [3.63, 3.8) is 0 Å². The molecule has 22 heavy (non-hydrogen) atoms. The standard InChI is InChI=1S/C15H14Br2FNO2S/c1-9-4-5-10(2)14(6-9)19(3)22(20,21)15-12(16)7-11(18)8-13(15)17/h4-8H,1-3H3. The summed E-state index contributed by atoms with van der Waals surface area (Å²) < 4.78 is 40.7. The van der Waals surface area contributed by atoms with Crippen molar-refractivity contribution in [1.82, 2.24) is 0 Å². The molecule has 2 aromatic rings. The van der Waals surface area contributed by atoms with E-state index in [-0.39, 0.29) is 13.8 Å². The number of hydrogen-bond acceptors (Lipinski definition) is 2. The maximum atomic E-state index is 13.4. The van der Waals surface area contributed by atoms with E-state index in [1.165, 1.54) is 11.4 Å². The first-order valence-corrected chi connectivity index (χ1v) is 9.38. The van der Waals surface area contributed by atoms with E-state index in [2.05, 4.69) is 31.9 Å². The first kappa shape index (κ1) is 17.4. The van der Waals surface area contributed by atoms with Crippen LogP contribution in [0.3, 0.4) is 0 Å². The van der Waals surface area contributed by atoms with E-state index >= 15 is 0 Å². The largest absolute Gasteiger partial charge is 0.269 e. The summed E-state index contributed by atoms with van der Waals surface area (Å²) in [6.07, 6.45) is 0. The minimum atomic E-state index is -3.84. The molecular formula is C15H14Br2FNO2S. The number of rotatable bonds is 3. The normalized spacial score (nSPS) is 11.5. The Hall–Kier alpha value is -0.920. The fraction of sp³-hybridized carbons (Fsp3) is 0.200. The molecule has 0 aromatic heterocycles. The highest BCUT2D eigenvalue weighted by Crippen LogP contribution is 2.35. The molecule has 118 valence electrons. The Balaban J connectivity index is 2.63. The number of anilines is 1. The number of nitrogens with zero attached hydrogens (tertiary/aromatic N) is 1. The van der Waals surface area contributed by atoms with Gasteiger partial charge in [-0.1, -0.05) is 12.1 Å². The number of halogens is 3. The van der Waals surface area contributed by atoms with Gasteiger partial charge in [0.15, 0.2) is 0 Å². The highest BCUT2D eigenvalue weighted by Gasteiger charge is 2.28. The van der Waals surface area contributed by atoms with Gasteiger partial charge in [-0.05, 0) is 75.0 Å². The molecule has 0 radical (unpaired) electrons. The lowest BCUT2D eigenvalue weighted by Gasteiger charge is -2.23. The van der Waals surface area contributed by atoms with Crippen LogP contribution in [-0.2, 0) is 10.0 Å². The van der Waals surface area contributed by atoms with Crippen molar-refractivity contribution in [3.8, 4) is 0 Å². The van der Waals surface area contributed by atoms with Gasteiger partial charge in [-0.3, -0.25) is 4.31 Å². The number of benzene rings is 2. The van der Waals surface area contributed by atoms with E-state index in [9.17, 15) is 12.8 Å². The molecule has 0 aliphatic carbocycles. The van der Waals surface area contributed by atoms with Crippen molar-refractivity contribution in [2.45, 2.75) is 18.7 Å². The van der Waals surface area contributed by atoms with Crippen molar-refractivity contribution < 1.29 is 12.8 Å². The molecular weight excluding hydrogens is 437 g/mol. The van der Waals surface area contributed by atoms with E-state index < -0.39 is 15.8 Å². The highest BCUT2D eigenvalue weighted by atomic mass is 79.9. The van der Waals surface area contributed by atoms with Gasteiger partial charge in [0, 0.05) is 16.0 Å². The van der Waals surface area contributed by atoms with Gasteiger partial charge in [0.2, 0.25) is 0 Å². The molecule has 0 saturated heterocycles. The average Bonchev–Trinajstić information content (AvgIpc) is 2.39. The molecule has 0 heterocycles. The summed E-state index contributed by atoms with van der Waals surface area (Å²) in [5, 5.41) is 0. The third-order valence-corrected chi connectivity index (χ3v) is 6.93. The lowest BCUT2D eigenvalue weighted by molar-refractivity contribution is 0.591. The van der Waals surface area contributed by atoms with Gasteiger partial charge in [0.25, 0.3) is 10.0 Å². The fourth-order valence-corrected chi connectivity index (χ4v) is 5.80. The van der Waals surface area contributed by atoms with Gasteiger partial charge in [-0.2, -0.15) is 0 Å². The third kappa shape index (κ3) is 3.21. The van der Waals surface area contributed by atoms with Gasteiger partial charge >= 0.3 is 0 Å². The monoisotopic (exact) mass is 449 g/mol. The van der Waals surface area contributed by atoms with Crippen LogP contribution in [0, 0.1) is 19.7 Å². The Labute approximate surface area is 146 Å². The smallest absolute Gasteiger partial charge is 0.266 e. The van der Waals surface area contributed by atoms with Gasteiger partial charge in [0.1, 0.15) is 10.7 Å². The topological polar surface area (TPSA) is 37.4 Å². The Kier molecular flexibility index (Phi) is 4.99. The van der Waals surface area contributed by atoms with Crippen LogP contribution in [0.1, 0.15) is 11.1 Å². The minimum absolute atomic E-state index is 0.00249. The van der Waals surface area contributed by atoms with Crippen LogP contribution in [0.5, 0.6) is 0 Å². The zero-order valence-electron chi connectivity index (χ0n) is 12.2. The van der Waals surface area contributed by atoms with Gasteiger partial charge in [-0.25, -0.2) is 12.8 Å². The van der Waals surface area contributed by atoms with Gasteiger partial charge in [-0.15, -0.1) is 0 Å². The van der Waals surface area contributed by atoms with E-state index in [4.69, 9.17) is 0 Å². The van der Waals surface area contributed by atoms with Gasteiger partial charge in [0.05, 0.1) is 5.69 Å². The summed E-state index contributed by atoms with van der Waals surface area (Å²) >= 11 is 6.26. The van der Waals surface area contributed by atoms with Crippen LogP contribution < -0.4 is 4.31 Å². The lowest BCUT2D eigenvalue weighted by atomic mass is 10.1. The maximum Gasteiger partial charge on any atom is 0.266 e. The van der Waals surface area contributed by atoms with Crippen LogP contribution >= 0.6 is 31.9 Å². The molecule has 0 spiro atoms. The molecule has 0 amide bonds. The van der Waals surface area contributed by atoms with E-state index in [0.29, 0.717) is 5.69 Å². The van der Waals surface area contributed by atoms with Crippen LogP contribution in [-0.4, -0.2) is 15.5 Å². The molecule has 0 aliphatic heterocycles. The third-order valence-electron chi connectivity index (χ3n) is 3.29. The van der Waals surface area contributed by atoms with Crippen molar-refractivity contribution >= 4 is 47.6 Å². The average molecular weight is 451 g/mol. The zero-order chi connectivity index (χ0) is 16.7. The van der Waals surface area contributed by atoms with Crippen molar-refractivity contribution in [2.75, 3.05) is 11.4 Å². The van der Waals surface area contributed by atoms with E-state index in [0.717, 1.165) is 23.3 Å². The van der Waals surface area contributed by atoms with Crippen LogP contribution in [0.4, 0.5) is 10.1 Å². The SMILES string of the molecule is Cc1ccc(C)c(N(C)S(=O)(=O)c2c(Br)cc(F)cc2Br)c1. The van der Waals surface area contributed by atoms with Crippen molar-refractivity contribution in [1.29, 1.82) is 0 Å². The molecule has 0 aliphatic rings. The summed E-state index contributed by atoms with van der Waals surface area (Å²) in [6, 6.07) is 7.86. The summed E-state index contributed by atoms with van der Waals surface area (Å²) in [5.74, 6) is -0.521. The molecule has 7 heteroatoms. The predicted octanol–water partition coefficient (Wildman–Crippen LogP) is 4.79. The summed E-state index contributed by atoms with van der Waals surface area (Å²) in [5.41, 5.74) is 2.38. The van der Waals surface area contributed by atoms with Crippen LogP contribution in [0.2, 0.25) is 0 Å². The lowest BCUT2D eigenvalue weighted by Crippen LogP contribution is -2.28. The predicted molar refractivity (Wildman–Crippen MR) is 93.3 cm³/mol. The zero-order valence-corrected chi connectivity index (χ0v) is 16.2. The van der Waals surface area contributed by atoms with E-state index in [1.54, 1.807) is 6.07 Å². The van der Waals surface area contributed by atoms with Crippen LogP contribution in [0.25, 0.3) is 0 Å². The van der Waals surface area contributed by atoms with Crippen molar-refractivity contribution in [3.05, 3.63) is 56.2 Å². The second kappa shape index (κ2) is 6.29. The molecule has 2 aromatic carbocycles. The second-order valence-corrected chi connectivity index (χ2v) is 8.58. The summed E-state index contributed by atoms with van der Waals surface area (Å²) in [6.45, 7) is 3.74. The molecule has 0 N–H and O–H groups in total. The Bertz CT molecular complexity index is 814. The second-order valence-electron chi connectivity index (χ2n) is 4.96. The van der Waals surface area contributed by atoms with Crippen molar-refractivity contribution in [2.24, 2.45) is 0 Å². The number of sulfonamides is 1. The quantitative estimate of drug-likeness (QED) is 0.673. The van der Waals surface area contributed by atoms with Gasteiger partial charge < -0.3 is 0 Å². The molecule has 0 saturated carbocycles. The number of aryl methyl sites for hydroxylation is 2. The molecule has 2 rings (SSSR count). The Morgan fingerprint density at radius 1 is 1.05 bits per heavy atom. The summed E-state index contributed by atoms with van der Waals surface area (Å²) in [7, 11) is -2.35. The minimum Gasteiger partial charge on any atom is -0.269 e. The molecule has 3 nitrogen and oxygen atoms in total. The first-order chi connectivity index (χ1) is 10.1. The van der Waals surface area contributed by atoms with E-state index in [1.807, 2.05) is 26.0 Å². The fourth-order valence-electron chi connectivity index (χ4n) is 2.10. The molecule has 0 atom stereocenters. The first-order valence-electron chi connectivity index (χ1n) is 6.35. The van der Waals surface area contributed by atoms with Crippen LogP contribution in [0.15, 0.2) is 44.2 Å². The number of hydrogen-bond donors (Lipinski definition) is 0. The Morgan fingerprint density at radius 2 is 1.59 bits per heavy atom.